The van der Waals surface area contributed by atoms with Gasteiger partial charge in [-0.3, -0.25) is 9.48 Å². The molecule has 1 unspecified atom stereocenters. The predicted molar refractivity (Wildman–Crippen MR) is 58.1 cm³/mol. The Bertz CT molecular complexity index is 294. The average molecular weight is 210 g/mol. The van der Waals surface area contributed by atoms with Gasteiger partial charge in [0.05, 0.1) is 0 Å². The first-order valence-electron chi connectivity index (χ1n) is 5.09. The molecule has 1 aromatic rings. The quantitative estimate of drug-likeness (QED) is 0.717. The highest BCUT2D eigenvalue weighted by Crippen LogP contribution is 1.95. The number of nitrogens with two attached hydrogens (primary N) is 1. The molecule has 0 aromatic carbocycles. The Balaban J connectivity index is 2.25. The second-order valence-electron chi connectivity index (χ2n) is 3.92. The van der Waals surface area contributed by atoms with Crippen molar-refractivity contribution in [1.29, 1.82) is 0 Å². The Morgan fingerprint density at radius 3 is 2.87 bits per heavy atom. The van der Waals surface area contributed by atoms with Gasteiger partial charge >= 0.3 is 0 Å². The van der Waals surface area contributed by atoms with E-state index >= 15 is 0 Å². The summed E-state index contributed by atoms with van der Waals surface area (Å²) in [6.45, 7) is 4.82. The van der Waals surface area contributed by atoms with Gasteiger partial charge in [-0.15, -0.1) is 0 Å². The van der Waals surface area contributed by atoms with Gasteiger partial charge in [-0.05, 0) is 12.0 Å². The van der Waals surface area contributed by atoms with Crippen molar-refractivity contribution in [2.24, 2.45) is 11.7 Å². The molecule has 0 aliphatic heterocycles. The summed E-state index contributed by atoms with van der Waals surface area (Å²) in [6, 6.07) is 1.79. The minimum atomic E-state index is -0.0604. The van der Waals surface area contributed by atoms with Crippen LogP contribution in [0.25, 0.3) is 0 Å². The van der Waals surface area contributed by atoms with Crippen LogP contribution in [-0.2, 0) is 11.3 Å². The van der Waals surface area contributed by atoms with E-state index < -0.39 is 0 Å². The highest BCUT2D eigenvalue weighted by atomic mass is 16.2. The van der Waals surface area contributed by atoms with Crippen molar-refractivity contribution in [3.63, 3.8) is 0 Å². The average Bonchev–Trinajstić information content (AvgIpc) is 2.66. The van der Waals surface area contributed by atoms with E-state index in [0.717, 1.165) is 0 Å². The molecule has 0 radical (unpaired) electrons. The third-order valence-corrected chi connectivity index (χ3v) is 2.26. The van der Waals surface area contributed by atoms with Gasteiger partial charge in [0.25, 0.3) is 0 Å². The van der Waals surface area contributed by atoms with Crippen LogP contribution in [0.2, 0.25) is 0 Å². The smallest absolute Gasteiger partial charge is 0.241 e. The van der Waals surface area contributed by atoms with Crippen molar-refractivity contribution >= 4 is 5.91 Å². The zero-order valence-electron chi connectivity index (χ0n) is 9.18. The first-order valence-corrected chi connectivity index (χ1v) is 5.09. The number of carbonyl (C=O) groups is 1. The summed E-state index contributed by atoms with van der Waals surface area (Å²) >= 11 is 0. The molecule has 84 valence electrons. The van der Waals surface area contributed by atoms with Gasteiger partial charge in [0.15, 0.2) is 0 Å². The topological polar surface area (TPSA) is 72.9 Å². The van der Waals surface area contributed by atoms with E-state index in [1.807, 2.05) is 13.8 Å². The summed E-state index contributed by atoms with van der Waals surface area (Å²) < 4.78 is 1.58. The lowest BCUT2D eigenvalue weighted by Gasteiger charge is -2.15. The highest BCUT2D eigenvalue weighted by molar-refractivity contribution is 5.75. The van der Waals surface area contributed by atoms with Gasteiger partial charge in [-0.1, -0.05) is 13.8 Å². The van der Waals surface area contributed by atoms with Gasteiger partial charge in [0.2, 0.25) is 5.91 Å². The fourth-order valence-corrected chi connectivity index (χ4v) is 1.06. The summed E-state index contributed by atoms with van der Waals surface area (Å²) in [5.74, 6) is 0.310. The normalized spacial score (nSPS) is 12.8. The molecule has 15 heavy (non-hydrogen) atoms. The summed E-state index contributed by atoms with van der Waals surface area (Å²) in [5, 5.41) is 6.72. The van der Waals surface area contributed by atoms with Crippen molar-refractivity contribution in [3.8, 4) is 0 Å². The number of carbonyl (C=O) groups excluding carboxylic acids is 1. The molecule has 0 aliphatic carbocycles. The van der Waals surface area contributed by atoms with E-state index in [1.165, 1.54) is 0 Å². The molecule has 0 saturated carbocycles. The van der Waals surface area contributed by atoms with E-state index in [4.69, 9.17) is 5.73 Å². The third-order valence-electron chi connectivity index (χ3n) is 2.26. The predicted octanol–water partition coefficient (Wildman–Crippen LogP) is -0.0174. The van der Waals surface area contributed by atoms with Crippen LogP contribution >= 0.6 is 0 Å². The number of aromatic nitrogens is 2. The van der Waals surface area contributed by atoms with E-state index in [1.54, 1.807) is 23.1 Å². The number of nitrogens with one attached hydrogen (secondary N) is 1. The van der Waals surface area contributed by atoms with Crippen molar-refractivity contribution in [2.75, 3.05) is 6.54 Å². The molecule has 1 aromatic heterocycles. The molecule has 5 nitrogen and oxygen atoms in total. The zero-order valence-corrected chi connectivity index (χ0v) is 9.18. The molecule has 1 atom stereocenters. The van der Waals surface area contributed by atoms with Crippen molar-refractivity contribution in [1.82, 2.24) is 15.1 Å². The van der Waals surface area contributed by atoms with Crippen LogP contribution in [0.4, 0.5) is 0 Å². The van der Waals surface area contributed by atoms with Crippen LogP contribution < -0.4 is 11.1 Å². The van der Waals surface area contributed by atoms with E-state index in [9.17, 15) is 4.79 Å². The SMILES string of the molecule is CC(C)C(N)CNC(=O)Cn1cccn1. The molecule has 0 aliphatic rings. The number of nitrogens with zero attached hydrogens (tertiary/aromatic N) is 2. The molecule has 0 bridgehead atoms. The molecule has 0 fully saturated rings. The fraction of sp³-hybridized carbons (Fsp3) is 0.600. The van der Waals surface area contributed by atoms with Crippen molar-refractivity contribution in [2.45, 2.75) is 26.4 Å². The van der Waals surface area contributed by atoms with E-state index in [-0.39, 0.29) is 18.5 Å². The largest absolute Gasteiger partial charge is 0.353 e. The van der Waals surface area contributed by atoms with Crippen LogP contribution in [0.5, 0.6) is 0 Å². The maximum Gasteiger partial charge on any atom is 0.241 e. The molecule has 0 spiro atoms. The minimum absolute atomic E-state index is 0.00608. The maximum absolute atomic E-state index is 11.4. The Morgan fingerprint density at radius 1 is 1.60 bits per heavy atom. The Labute approximate surface area is 89.6 Å². The lowest BCUT2D eigenvalue weighted by molar-refractivity contribution is -0.121. The number of amides is 1. The van der Waals surface area contributed by atoms with Crippen LogP contribution in [0, 0.1) is 5.92 Å². The van der Waals surface area contributed by atoms with Gasteiger partial charge in [0.1, 0.15) is 6.54 Å². The Kier molecular flexibility index (Phi) is 4.30. The summed E-state index contributed by atoms with van der Waals surface area (Å²) in [7, 11) is 0. The number of rotatable bonds is 5. The molecule has 5 heteroatoms. The molecule has 1 rings (SSSR count). The van der Waals surface area contributed by atoms with Crippen molar-refractivity contribution < 1.29 is 4.79 Å². The zero-order chi connectivity index (χ0) is 11.3. The lowest BCUT2D eigenvalue weighted by atomic mass is 10.1. The lowest BCUT2D eigenvalue weighted by Crippen LogP contribution is -2.41. The van der Waals surface area contributed by atoms with Crippen LogP contribution in [0.3, 0.4) is 0 Å². The second kappa shape index (κ2) is 5.50. The number of hydrogen-bond donors (Lipinski definition) is 2. The molecule has 0 saturated heterocycles. The molecule has 1 heterocycles. The maximum atomic E-state index is 11.4. The highest BCUT2D eigenvalue weighted by Gasteiger charge is 2.09. The Hall–Kier alpha value is -1.36. The summed E-state index contributed by atoms with van der Waals surface area (Å²) in [4.78, 5) is 11.4. The van der Waals surface area contributed by atoms with Gasteiger partial charge < -0.3 is 11.1 Å². The monoisotopic (exact) mass is 210 g/mol. The Morgan fingerprint density at radius 2 is 2.33 bits per heavy atom. The first kappa shape index (κ1) is 11.7. The van der Waals surface area contributed by atoms with Gasteiger partial charge in [-0.25, -0.2) is 0 Å². The molecule has 3 N–H and O–H groups in total. The van der Waals surface area contributed by atoms with Gasteiger partial charge in [-0.2, -0.15) is 5.10 Å². The third kappa shape index (κ3) is 4.12. The van der Waals surface area contributed by atoms with E-state index in [2.05, 4.69) is 10.4 Å². The minimum Gasteiger partial charge on any atom is -0.353 e. The standard InChI is InChI=1S/C10H18N4O/c1-8(2)9(11)6-12-10(15)7-14-5-3-4-13-14/h3-5,8-9H,6-7,11H2,1-2H3,(H,12,15). The van der Waals surface area contributed by atoms with E-state index in [0.29, 0.717) is 12.5 Å². The van der Waals surface area contributed by atoms with Crippen molar-refractivity contribution in [3.05, 3.63) is 18.5 Å². The fourth-order valence-electron chi connectivity index (χ4n) is 1.06. The van der Waals surface area contributed by atoms with Crippen LogP contribution in [-0.4, -0.2) is 28.3 Å². The van der Waals surface area contributed by atoms with Crippen LogP contribution in [0.1, 0.15) is 13.8 Å². The molecular weight excluding hydrogens is 192 g/mol. The molecule has 1 amide bonds. The van der Waals surface area contributed by atoms with Crippen LogP contribution in [0.15, 0.2) is 18.5 Å². The second-order valence-corrected chi connectivity index (χ2v) is 3.92. The molecular formula is C10H18N4O. The first-order chi connectivity index (χ1) is 7.09. The van der Waals surface area contributed by atoms with Gasteiger partial charge in [0, 0.05) is 25.0 Å². The summed E-state index contributed by atoms with van der Waals surface area (Å²) in [6.07, 6.45) is 3.40. The number of hydrogen-bond acceptors (Lipinski definition) is 3. The summed E-state index contributed by atoms with van der Waals surface area (Å²) in [5.41, 5.74) is 5.80.